The fraction of sp³-hybridized carbons (Fsp3) is 0.867. The summed E-state index contributed by atoms with van der Waals surface area (Å²) in [5.41, 5.74) is 4.97. The van der Waals surface area contributed by atoms with Gasteiger partial charge in [-0.25, -0.2) is 0 Å². The quantitative estimate of drug-likeness (QED) is 0.370. The zero-order valence-electron chi connectivity index (χ0n) is 14.3. The van der Waals surface area contributed by atoms with Gasteiger partial charge in [-0.2, -0.15) is 0 Å². The standard InChI is InChI=1S/C15H28BN3O5/c1-9(2)12(17)13(20)19-7-5-15(14(21)22)10(11(19)8-18-15)4-3-6-16(23)24/h9-12,18,23-24H,3-8,17H2,1-2H3,(H,21,22)/t10-,11-,12?,15+/m0/s1. The van der Waals surface area contributed by atoms with Crippen molar-refractivity contribution >= 4 is 19.0 Å². The Balaban J connectivity index is 2.17. The van der Waals surface area contributed by atoms with Gasteiger partial charge in [0.25, 0.3) is 0 Å². The number of nitrogens with two attached hydrogens (primary N) is 1. The molecule has 4 atom stereocenters. The maximum atomic E-state index is 12.7. The number of hydrogen-bond acceptors (Lipinski definition) is 6. The molecule has 1 amide bonds. The average Bonchev–Trinajstić information content (AvgIpc) is 2.75. The van der Waals surface area contributed by atoms with Crippen LogP contribution in [0.15, 0.2) is 0 Å². The van der Waals surface area contributed by atoms with Crippen LogP contribution in [0.5, 0.6) is 0 Å². The molecule has 2 aliphatic rings. The van der Waals surface area contributed by atoms with Gasteiger partial charge in [0.05, 0.1) is 6.04 Å². The van der Waals surface area contributed by atoms with Crippen LogP contribution in [0, 0.1) is 11.8 Å². The van der Waals surface area contributed by atoms with Crippen molar-refractivity contribution in [3.63, 3.8) is 0 Å². The molecular weight excluding hydrogens is 313 g/mol. The highest BCUT2D eigenvalue weighted by molar-refractivity contribution is 6.40. The number of hydrogen-bond donors (Lipinski definition) is 5. The number of likely N-dealkylation sites (tertiary alicyclic amines) is 1. The van der Waals surface area contributed by atoms with Crippen LogP contribution in [-0.2, 0) is 9.59 Å². The van der Waals surface area contributed by atoms with Crippen molar-refractivity contribution in [1.29, 1.82) is 0 Å². The maximum absolute atomic E-state index is 12.7. The van der Waals surface area contributed by atoms with E-state index in [1.165, 1.54) is 0 Å². The number of piperidine rings is 1. The van der Waals surface area contributed by atoms with Crippen LogP contribution < -0.4 is 11.1 Å². The molecule has 1 unspecified atom stereocenters. The van der Waals surface area contributed by atoms with Gasteiger partial charge in [0, 0.05) is 25.0 Å². The molecule has 2 bridgehead atoms. The first-order chi connectivity index (χ1) is 11.2. The number of nitrogens with zero attached hydrogens (tertiary/aromatic N) is 1. The normalized spacial score (nSPS) is 30.5. The fourth-order valence-corrected chi connectivity index (χ4v) is 4.00. The van der Waals surface area contributed by atoms with Crippen molar-refractivity contribution in [2.45, 2.75) is 57.1 Å². The van der Waals surface area contributed by atoms with Crippen molar-refractivity contribution in [3.8, 4) is 0 Å². The van der Waals surface area contributed by atoms with Gasteiger partial charge in [0.2, 0.25) is 5.91 Å². The molecule has 2 aliphatic heterocycles. The Kier molecular flexibility index (Phi) is 5.90. The molecule has 0 spiro atoms. The highest BCUT2D eigenvalue weighted by Crippen LogP contribution is 2.41. The Morgan fingerprint density at radius 1 is 1.42 bits per heavy atom. The monoisotopic (exact) mass is 341 g/mol. The van der Waals surface area contributed by atoms with Crippen molar-refractivity contribution in [3.05, 3.63) is 0 Å². The molecule has 0 aromatic heterocycles. The molecule has 9 heteroatoms. The topological polar surface area (TPSA) is 136 Å². The van der Waals surface area contributed by atoms with Gasteiger partial charge in [-0.3, -0.25) is 14.9 Å². The Labute approximate surface area is 142 Å². The first-order valence-electron chi connectivity index (χ1n) is 8.61. The van der Waals surface area contributed by atoms with Crippen molar-refractivity contribution in [1.82, 2.24) is 10.2 Å². The number of amides is 1. The summed E-state index contributed by atoms with van der Waals surface area (Å²) in [4.78, 5) is 26.3. The summed E-state index contributed by atoms with van der Waals surface area (Å²) < 4.78 is 0. The Bertz CT molecular complexity index is 490. The molecule has 0 radical (unpaired) electrons. The summed E-state index contributed by atoms with van der Waals surface area (Å²) in [5, 5.41) is 30.9. The third kappa shape index (κ3) is 3.44. The predicted molar refractivity (Wildman–Crippen MR) is 89.0 cm³/mol. The van der Waals surface area contributed by atoms with E-state index in [0.29, 0.717) is 32.4 Å². The molecule has 2 heterocycles. The lowest BCUT2D eigenvalue weighted by molar-refractivity contribution is -0.152. The number of nitrogens with one attached hydrogen (secondary N) is 1. The molecule has 24 heavy (non-hydrogen) atoms. The number of carboxylic acid groups (broad SMARTS) is 1. The van der Waals surface area contributed by atoms with Crippen LogP contribution in [0.1, 0.15) is 33.1 Å². The Morgan fingerprint density at radius 3 is 2.62 bits per heavy atom. The largest absolute Gasteiger partial charge is 0.480 e. The van der Waals surface area contributed by atoms with E-state index in [-0.39, 0.29) is 30.1 Å². The Hall–Kier alpha value is -1.16. The number of carbonyl (C=O) groups is 2. The zero-order valence-corrected chi connectivity index (χ0v) is 14.3. The van der Waals surface area contributed by atoms with Crippen LogP contribution in [0.2, 0.25) is 6.32 Å². The van der Waals surface area contributed by atoms with E-state index in [4.69, 9.17) is 15.8 Å². The van der Waals surface area contributed by atoms with E-state index in [9.17, 15) is 14.7 Å². The van der Waals surface area contributed by atoms with Gasteiger partial charge >= 0.3 is 13.1 Å². The minimum Gasteiger partial charge on any atom is -0.480 e. The second kappa shape index (κ2) is 7.39. The molecule has 2 rings (SSSR count). The SMILES string of the molecule is CC(C)C(N)C(=O)N1CC[C@@]2(C(=O)O)NC[C@H]1[C@@H]2CCCB(O)O. The average molecular weight is 341 g/mol. The third-order valence-corrected chi connectivity index (χ3v) is 5.52. The smallest absolute Gasteiger partial charge is 0.451 e. The fourth-order valence-electron chi connectivity index (χ4n) is 4.00. The third-order valence-electron chi connectivity index (χ3n) is 5.52. The van der Waals surface area contributed by atoms with Crippen LogP contribution in [0.4, 0.5) is 0 Å². The molecule has 6 N–H and O–H groups in total. The van der Waals surface area contributed by atoms with Crippen LogP contribution in [-0.4, -0.2) is 69.8 Å². The van der Waals surface area contributed by atoms with Gasteiger partial charge in [-0.15, -0.1) is 0 Å². The van der Waals surface area contributed by atoms with Crippen molar-refractivity contribution in [2.75, 3.05) is 13.1 Å². The highest BCUT2D eigenvalue weighted by Gasteiger charge is 2.58. The molecule has 2 saturated heterocycles. The summed E-state index contributed by atoms with van der Waals surface area (Å²) in [5.74, 6) is -1.28. The van der Waals surface area contributed by atoms with E-state index in [2.05, 4.69) is 5.32 Å². The van der Waals surface area contributed by atoms with Crippen LogP contribution in [0.3, 0.4) is 0 Å². The lowest BCUT2D eigenvalue weighted by atomic mass is 9.72. The predicted octanol–water partition coefficient (Wildman–Crippen LogP) is -1.13. The van der Waals surface area contributed by atoms with E-state index >= 15 is 0 Å². The second-order valence-electron chi connectivity index (χ2n) is 7.29. The van der Waals surface area contributed by atoms with Crippen molar-refractivity contribution < 1.29 is 24.7 Å². The molecule has 0 aromatic rings. The molecule has 0 saturated carbocycles. The van der Waals surface area contributed by atoms with E-state index in [0.717, 1.165) is 0 Å². The summed E-state index contributed by atoms with van der Waals surface area (Å²) in [6.45, 7) is 4.58. The molecule has 136 valence electrons. The van der Waals surface area contributed by atoms with Gasteiger partial charge in [0.1, 0.15) is 5.54 Å². The lowest BCUT2D eigenvalue weighted by Gasteiger charge is -2.44. The number of aliphatic carboxylic acids is 1. The minimum atomic E-state index is -1.40. The molecule has 0 aromatic carbocycles. The highest BCUT2D eigenvalue weighted by atomic mass is 16.4. The van der Waals surface area contributed by atoms with Crippen molar-refractivity contribution in [2.24, 2.45) is 17.6 Å². The first kappa shape index (κ1) is 19.2. The number of rotatable bonds is 7. The van der Waals surface area contributed by atoms with Gasteiger partial charge in [0.15, 0.2) is 0 Å². The molecule has 0 aliphatic carbocycles. The number of carboxylic acids is 1. The summed E-state index contributed by atoms with van der Waals surface area (Å²) in [7, 11) is -1.40. The minimum absolute atomic E-state index is 0.0148. The van der Waals surface area contributed by atoms with E-state index < -0.39 is 24.7 Å². The molecule has 2 fully saturated rings. The summed E-state index contributed by atoms with van der Waals surface area (Å²) in [6.07, 6.45) is 1.54. The number of carbonyl (C=O) groups excluding carboxylic acids is 1. The van der Waals surface area contributed by atoms with E-state index in [1.54, 1.807) is 4.90 Å². The number of fused-ring (bicyclic) bond motifs is 2. The van der Waals surface area contributed by atoms with Crippen LogP contribution >= 0.6 is 0 Å². The second-order valence-corrected chi connectivity index (χ2v) is 7.29. The van der Waals surface area contributed by atoms with Gasteiger partial charge in [-0.05, 0) is 25.1 Å². The lowest BCUT2D eigenvalue weighted by Crippen LogP contribution is -2.62. The molecule has 8 nitrogen and oxygen atoms in total. The zero-order chi connectivity index (χ0) is 18.1. The van der Waals surface area contributed by atoms with E-state index in [1.807, 2.05) is 13.8 Å². The maximum Gasteiger partial charge on any atom is 0.451 e. The van der Waals surface area contributed by atoms with Crippen LogP contribution in [0.25, 0.3) is 0 Å². The summed E-state index contributed by atoms with van der Waals surface area (Å²) >= 11 is 0. The Morgan fingerprint density at radius 2 is 2.08 bits per heavy atom. The first-order valence-corrected chi connectivity index (χ1v) is 8.61. The summed E-state index contributed by atoms with van der Waals surface area (Å²) in [6, 6.07) is -0.814. The van der Waals surface area contributed by atoms with Gasteiger partial charge < -0.3 is 25.8 Å². The van der Waals surface area contributed by atoms with Gasteiger partial charge in [-0.1, -0.05) is 20.3 Å². The molecular formula is C15H28BN3O5.